The maximum Gasteiger partial charge on any atom is 0.135 e. The Balaban J connectivity index is 0.958. The summed E-state index contributed by atoms with van der Waals surface area (Å²) in [6.45, 7) is 14.3. The van der Waals surface area contributed by atoms with Crippen LogP contribution in [-0.2, 0) is 10.8 Å². The van der Waals surface area contributed by atoms with Crippen LogP contribution >= 0.6 is 0 Å². The molecule has 0 amide bonds. The van der Waals surface area contributed by atoms with Crippen molar-refractivity contribution < 1.29 is 8.83 Å². The summed E-state index contributed by atoms with van der Waals surface area (Å²) in [5, 5.41) is 7.29. The van der Waals surface area contributed by atoms with Crippen molar-refractivity contribution in [2.24, 2.45) is 0 Å². The molecule has 0 fully saturated rings. The number of fused-ring (bicyclic) bond motifs is 10. The van der Waals surface area contributed by atoms with Crippen LogP contribution in [0.15, 0.2) is 179 Å². The second-order valence-electron chi connectivity index (χ2n) is 18.6. The van der Waals surface area contributed by atoms with Gasteiger partial charge in [-0.25, -0.2) is 0 Å². The fourth-order valence-corrected chi connectivity index (χ4v) is 13.0. The Bertz CT molecular complexity index is 3110. The predicted molar refractivity (Wildman–Crippen MR) is 258 cm³/mol. The van der Waals surface area contributed by atoms with Gasteiger partial charge in [0.25, 0.3) is 0 Å². The Morgan fingerprint density at radius 2 is 0.656 bits per heavy atom. The Kier molecular flexibility index (Phi) is 7.45. The zero-order valence-electron chi connectivity index (χ0n) is 35.4. The van der Waals surface area contributed by atoms with Crippen molar-refractivity contribution in [2.45, 2.75) is 51.6 Å². The Hall–Kier alpha value is -6.82. The molecule has 2 aliphatic rings. The summed E-state index contributed by atoms with van der Waals surface area (Å²) < 4.78 is 13.1. The van der Waals surface area contributed by atoms with Crippen molar-refractivity contribution in [3.8, 4) is 0 Å². The van der Waals surface area contributed by atoms with Crippen LogP contribution < -0.4 is 20.2 Å². The standard InChI is InChI=1S/C56H46N2O2Si/c1-55(2)43-15-7-11-19-47(43)57(48-20-12-8-16-44(48)55)35-23-27-51-39(31-35)41-33-37(25-29-53(41)59-51)61(5,6)38-26-30-54-42(34-38)40-32-36(24-28-52(40)60-54)58-49-21-13-9-17-45(49)56(3,4)46-18-10-14-22-50(46)58/h7-34H,1-6H3. The lowest BCUT2D eigenvalue weighted by Gasteiger charge is -2.42. The summed E-state index contributed by atoms with van der Waals surface area (Å²) in [5.74, 6) is 0. The number of benzene rings is 8. The molecule has 8 aromatic carbocycles. The molecule has 0 spiro atoms. The number of rotatable bonds is 4. The Labute approximate surface area is 357 Å². The summed E-state index contributed by atoms with van der Waals surface area (Å²) in [4.78, 5) is 4.85. The van der Waals surface area contributed by atoms with Gasteiger partial charge in [0.15, 0.2) is 0 Å². The summed E-state index contributed by atoms with van der Waals surface area (Å²) in [6, 6.07) is 62.5. The van der Waals surface area contributed by atoms with Crippen LogP contribution in [0.25, 0.3) is 43.9 Å². The highest BCUT2D eigenvalue weighted by Gasteiger charge is 2.38. The maximum atomic E-state index is 6.53. The first kappa shape index (κ1) is 36.1. The van der Waals surface area contributed by atoms with Crippen LogP contribution in [0.1, 0.15) is 49.9 Å². The minimum absolute atomic E-state index is 0.113. The minimum Gasteiger partial charge on any atom is -0.456 e. The molecule has 4 heterocycles. The molecule has 2 aliphatic heterocycles. The van der Waals surface area contributed by atoms with E-state index in [0.717, 1.165) is 55.3 Å². The van der Waals surface area contributed by atoms with E-state index in [1.54, 1.807) is 0 Å². The van der Waals surface area contributed by atoms with Gasteiger partial charge in [-0.2, -0.15) is 0 Å². The van der Waals surface area contributed by atoms with E-state index in [-0.39, 0.29) is 10.8 Å². The van der Waals surface area contributed by atoms with Crippen LogP contribution in [0.2, 0.25) is 13.1 Å². The zero-order valence-corrected chi connectivity index (χ0v) is 36.4. The summed E-state index contributed by atoms with van der Waals surface area (Å²) >= 11 is 0. The topological polar surface area (TPSA) is 32.8 Å². The van der Waals surface area contributed by atoms with Crippen molar-refractivity contribution in [3.63, 3.8) is 0 Å². The normalized spacial score (nSPS) is 15.2. The molecule has 0 N–H and O–H groups in total. The average molecular weight is 807 g/mol. The molecule has 2 aromatic heterocycles. The molecule has 10 aromatic rings. The first-order valence-electron chi connectivity index (χ1n) is 21.4. The lowest BCUT2D eigenvalue weighted by molar-refractivity contribution is 0.631. The molecule has 0 atom stereocenters. The summed E-state index contributed by atoms with van der Waals surface area (Å²) in [6.07, 6.45) is 0. The number of nitrogens with zero attached hydrogens (tertiary/aromatic N) is 2. The van der Waals surface area contributed by atoms with Crippen LogP contribution in [0.3, 0.4) is 0 Å². The second kappa shape index (κ2) is 12.6. The molecule has 61 heavy (non-hydrogen) atoms. The van der Waals surface area contributed by atoms with Gasteiger partial charge in [-0.05, 0) is 95.1 Å². The third kappa shape index (κ3) is 5.10. The van der Waals surface area contributed by atoms with E-state index in [0.29, 0.717) is 0 Å². The summed E-state index contributed by atoms with van der Waals surface area (Å²) in [7, 11) is -2.23. The molecule has 0 saturated heterocycles. The van der Waals surface area contributed by atoms with E-state index in [1.807, 2.05) is 0 Å². The first-order chi connectivity index (χ1) is 29.5. The third-order valence-electron chi connectivity index (χ3n) is 14.1. The largest absolute Gasteiger partial charge is 0.456 e. The molecule has 5 heteroatoms. The average Bonchev–Trinajstić information content (AvgIpc) is 3.84. The molecule has 0 radical (unpaired) electrons. The fraction of sp³-hybridized carbons (Fsp3) is 0.143. The quantitative estimate of drug-likeness (QED) is 0.166. The molecular formula is C56H46N2O2Si. The van der Waals surface area contributed by atoms with Gasteiger partial charge in [-0.1, -0.05) is 148 Å². The van der Waals surface area contributed by atoms with Crippen molar-refractivity contribution >= 4 is 96.4 Å². The molecule has 12 rings (SSSR count). The second-order valence-corrected chi connectivity index (χ2v) is 23.0. The fourth-order valence-electron chi connectivity index (χ4n) is 10.6. The van der Waals surface area contributed by atoms with Crippen molar-refractivity contribution in [2.75, 3.05) is 9.80 Å². The summed E-state index contributed by atoms with van der Waals surface area (Å²) in [5.41, 5.74) is 15.8. The lowest BCUT2D eigenvalue weighted by atomic mass is 9.73. The number of anilines is 6. The monoisotopic (exact) mass is 806 g/mol. The predicted octanol–water partition coefficient (Wildman–Crippen LogP) is 14.5. The molecule has 296 valence electrons. The zero-order chi connectivity index (χ0) is 41.4. The van der Waals surface area contributed by atoms with Crippen LogP contribution in [-0.4, -0.2) is 8.07 Å². The molecular weight excluding hydrogens is 761 g/mol. The van der Waals surface area contributed by atoms with E-state index < -0.39 is 8.07 Å². The van der Waals surface area contributed by atoms with E-state index in [9.17, 15) is 0 Å². The maximum absolute atomic E-state index is 6.53. The van der Waals surface area contributed by atoms with Gasteiger partial charge in [0.2, 0.25) is 0 Å². The Morgan fingerprint density at radius 3 is 1.00 bits per heavy atom. The molecule has 0 bridgehead atoms. The van der Waals surface area contributed by atoms with Gasteiger partial charge in [-0.3, -0.25) is 0 Å². The highest BCUT2D eigenvalue weighted by molar-refractivity contribution is 7.00. The molecule has 4 nitrogen and oxygen atoms in total. The van der Waals surface area contributed by atoms with Crippen LogP contribution in [0.5, 0.6) is 0 Å². The number of hydrogen-bond acceptors (Lipinski definition) is 4. The first-order valence-corrected chi connectivity index (χ1v) is 24.4. The van der Waals surface area contributed by atoms with Crippen LogP contribution in [0.4, 0.5) is 34.1 Å². The van der Waals surface area contributed by atoms with Gasteiger partial charge < -0.3 is 18.6 Å². The van der Waals surface area contributed by atoms with E-state index in [2.05, 4.69) is 220 Å². The van der Waals surface area contributed by atoms with Gasteiger partial charge in [-0.15, -0.1) is 0 Å². The van der Waals surface area contributed by atoms with Crippen molar-refractivity contribution in [3.05, 3.63) is 192 Å². The van der Waals surface area contributed by atoms with E-state index in [1.165, 1.54) is 55.4 Å². The molecule has 0 aliphatic carbocycles. The third-order valence-corrected chi connectivity index (χ3v) is 17.6. The number of para-hydroxylation sites is 4. The van der Waals surface area contributed by atoms with E-state index in [4.69, 9.17) is 8.83 Å². The number of furan rings is 2. The van der Waals surface area contributed by atoms with Gasteiger partial charge in [0.1, 0.15) is 30.4 Å². The molecule has 0 saturated carbocycles. The highest BCUT2D eigenvalue weighted by atomic mass is 28.3. The van der Waals surface area contributed by atoms with E-state index >= 15 is 0 Å². The van der Waals surface area contributed by atoms with Gasteiger partial charge in [0.05, 0.1) is 22.7 Å². The lowest BCUT2D eigenvalue weighted by Crippen LogP contribution is -2.52. The van der Waals surface area contributed by atoms with Gasteiger partial charge in [0, 0.05) is 43.7 Å². The number of hydrogen-bond donors (Lipinski definition) is 0. The SMILES string of the molecule is CC1(C)c2ccccc2N(c2ccc3oc4ccc([Si](C)(C)c5ccc6oc7ccc(N8c9ccccc9C(C)(C)c9ccccc98)cc7c6c5)cc4c3c2)c2ccccc21. The Morgan fingerprint density at radius 1 is 0.361 bits per heavy atom. The van der Waals surface area contributed by atoms with Gasteiger partial charge >= 0.3 is 0 Å². The highest BCUT2D eigenvalue weighted by Crippen LogP contribution is 2.54. The molecule has 0 unspecified atom stereocenters. The van der Waals surface area contributed by atoms with Crippen molar-refractivity contribution in [1.29, 1.82) is 0 Å². The van der Waals surface area contributed by atoms with Crippen LogP contribution in [0, 0.1) is 0 Å². The smallest absolute Gasteiger partial charge is 0.135 e. The minimum atomic E-state index is -2.23. The van der Waals surface area contributed by atoms with Crippen molar-refractivity contribution in [1.82, 2.24) is 0 Å².